The summed E-state index contributed by atoms with van der Waals surface area (Å²) in [7, 11) is 0. The molecule has 0 aliphatic heterocycles. The molecular formula is C19H29N. The molecule has 1 aromatic rings. The van der Waals surface area contributed by atoms with E-state index in [2.05, 4.69) is 35.8 Å². The first-order chi connectivity index (χ1) is 9.93. The minimum atomic E-state index is 0.966. The Morgan fingerprint density at radius 2 is 1.40 bits per heavy atom. The van der Waals surface area contributed by atoms with Gasteiger partial charge >= 0.3 is 0 Å². The average molecular weight is 271 g/mol. The van der Waals surface area contributed by atoms with Crippen molar-refractivity contribution in [3.8, 4) is 0 Å². The van der Waals surface area contributed by atoms with E-state index in [1.165, 1.54) is 63.4 Å². The Hall–Kier alpha value is -1.37. The number of rotatable bonds is 12. The van der Waals surface area contributed by atoms with Crippen molar-refractivity contribution >= 4 is 6.21 Å². The van der Waals surface area contributed by atoms with Crippen molar-refractivity contribution in [1.82, 2.24) is 0 Å². The molecule has 0 amide bonds. The molecule has 1 rings (SSSR count). The molecule has 0 unspecified atom stereocenters. The minimum absolute atomic E-state index is 0.966. The fourth-order valence-electron chi connectivity index (χ4n) is 2.26. The van der Waals surface area contributed by atoms with Gasteiger partial charge in [-0.15, -0.1) is 6.58 Å². The number of aliphatic imine (C=N–C) groups is 1. The van der Waals surface area contributed by atoms with E-state index >= 15 is 0 Å². The van der Waals surface area contributed by atoms with Gasteiger partial charge in [0.15, 0.2) is 0 Å². The monoisotopic (exact) mass is 271 g/mol. The van der Waals surface area contributed by atoms with Crippen molar-refractivity contribution in [2.45, 2.75) is 57.8 Å². The second-order valence-electron chi connectivity index (χ2n) is 5.35. The largest absolute Gasteiger partial charge is 0.293 e. The Morgan fingerprint density at radius 3 is 2.05 bits per heavy atom. The summed E-state index contributed by atoms with van der Waals surface area (Å²) in [6.07, 6.45) is 15.9. The van der Waals surface area contributed by atoms with Gasteiger partial charge < -0.3 is 0 Å². The standard InChI is InChI=1S/C19H29N/c1-2-3-4-5-6-7-8-9-10-14-17-20-18-19-15-12-11-13-16-19/h2,11-13,15-16,18H,1,3-10,14,17H2. The van der Waals surface area contributed by atoms with Crippen LogP contribution in [-0.2, 0) is 0 Å². The van der Waals surface area contributed by atoms with Crippen LogP contribution in [0, 0.1) is 0 Å². The Kier molecular flexibility index (Phi) is 10.6. The van der Waals surface area contributed by atoms with Crippen LogP contribution in [0.5, 0.6) is 0 Å². The van der Waals surface area contributed by atoms with E-state index in [-0.39, 0.29) is 0 Å². The first-order valence-electron chi connectivity index (χ1n) is 8.09. The van der Waals surface area contributed by atoms with Crippen LogP contribution in [0.15, 0.2) is 48.0 Å². The van der Waals surface area contributed by atoms with E-state index in [0.29, 0.717) is 0 Å². The van der Waals surface area contributed by atoms with Gasteiger partial charge in [-0.1, -0.05) is 74.9 Å². The molecule has 0 atom stereocenters. The van der Waals surface area contributed by atoms with Crippen molar-refractivity contribution in [3.05, 3.63) is 48.6 Å². The van der Waals surface area contributed by atoms with E-state index in [1.54, 1.807) is 0 Å². The summed E-state index contributed by atoms with van der Waals surface area (Å²) in [5.41, 5.74) is 1.20. The van der Waals surface area contributed by atoms with Gasteiger partial charge in [-0.25, -0.2) is 0 Å². The molecule has 0 aliphatic carbocycles. The van der Waals surface area contributed by atoms with Crippen LogP contribution in [-0.4, -0.2) is 12.8 Å². The summed E-state index contributed by atoms with van der Waals surface area (Å²) in [5, 5.41) is 0. The molecule has 0 aromatic heterocycles. The zero-order valence-corrected chi connectivity index (χ0v) is 12.8. The zero-order chi connectivity index (χ0) is 14.3. The van der Waals surface area contributed by atoms with Gasteiger partial charge in [-0.2, -0.15) is 0 Å². The lowest BCUT2D eigenvalue weighted by Gasteiger charge is -2.00. The summed E-state index contributed by atoms with van der Waals surface area (Å²) in [6, 6.07) is 10.3. The van der Waals surface area contributed by atoms with E-state index in [9.17, 15) is 0 Å². The minimum Gasteiger partial charge on any atom is -0.293 e. The lowest BCUT2D eigenvalue weighted by Crippen LogP contribution is -1.86. The molecule has 110 valence electrons. The summed E-state index contributed by atoms with van der Waals surface area (Å²) < 4.78 is 0. The van der Waals surface area contributed by atoms with Gasteiger partial charge in [0.2, 0.25) is 0 Å². The number of hydrogen-bond acceptors (Lipinski definition) is 1. The maximum Gasteiger partial charge on any atom is 0.0389 e. The zero-order valence-electron chi connectivity index (χ0n) is 12.8. The second-order valence-corrected chi connectivity index (χ2v) is 5.35. The Bertz CT molecular complexity index is 353. The molecule has 20 heavy (non-hydrogen) atoms. The lowest BCUT2D eigenvalue weighted by molar-refractivity contribution is 0.572. The van der Waals surface area contributed by atoms with Crippen LogP contribution in [0.2, 0.25) is 0 Å². The van der Waals surface area contributed by atoms with E-state index in [4.69, 9.17) is 0 Å². The number of hydrogen-bond donors (Lipinski definition) is 0. The predicted molar refractivity (Wildman–Crippen MR) is 90.7 cm³/mol. The highest BCUT2D eigenvalue weighted by Gasteiger charge is 1.91. The third kappa shape index (κ3) is 9.55. The Labute approximate surface area is 124 Å². The topological polar surface area (TPSA) is 12.4 Å². The molecular weight excluding hydrogens is 242 g/mol. The highest BCUT2D eigenvalue weighted by atomic mass is 14.7. The van der Waals surface area contributed by atoms with Crippen molar-refractivity contribution in [1.29, 1.82) is 0 Å². The van der Waals surface area contributed by atoms with Crippen LogP contribution in [0.25, 0.3) is 0 Å². The Balaban J connectivity index is 1.85. The van der Waals surface area contributed by atoms with E-state index in [1.807, 2.05) is 18.4 Å². The predicted octanol–water partition coefficient (Wildman–Crippen LogP) is 5.80. The average Bonchev–Trinajstić information content (AvgIpc) is 2.49. The van der Waals surface area contributed by atoms with Crippen LogP contribution in [0.4, 0.5) is 0 Å². The van der Waals surface area contributed by atoms with Gasteiger partial charge in [-0.05, 0) is 24.8 Å². The van der Waals surface area contributed by atoms with Crippen molar-refractivity contribution < 1.29 is 0 Å². The number of benzene rings is 1. The van der Waals surface area contributed by atoms with Gasteiger partial charge in [0, 0.05) is 12.8 Å². The molecule has 1 nitrogen and oxygen atoms in total. The smallest absolute Gasteiger partial charge is 0.0389 e. The lowest BCUT2D eigenvalue weighted by atomic mass is 10.1. The van der Waals surface area contributed by atoms with Gasteiger partial charge in [0.25, 0.3) is 0 Å². The molecule has 1 heteroatoms. The fraction of sp³-hybridized carbons (Fsp3) is 0.526. The summed E-state index contributed by atoms with van der Waals surface area (Å²) in [5.74, 6) is 0. The third-order valence-electron chi connectivity index (χ3n) is 3.49. The molecule has 0 fully saturated rings. The summed E-state index contributed by atoms with van der Waals surface area (Å²) in [6.45, 7) is 4.72. The van der Waals surface area contributed by atoms with Gasteiger partial charge in [0.1, 0.15) is 0 Å². The molecule has 0 aliphatic rings. The molecule has 1 aromatic carbocycles. The first-order valence-corrected chi connectivity index (χ1v) is 8.09. The molecule has 0 saturated heterocycles. The number of nitrogens with zero attached hydrogens (tertiary/aromatic N) is 1. The first kappa shape index (κ1) is 16.7. The van der Waals surface area contributed by atoms with Crippen LogP contribution >= 0.6 is 0 Å². The maximum atomic E-state index is 4.47. The highest BCUT2D eigenvalue weighted by Crippen LogP contribution is 2.09. The molecule has 0 bridgehead atoms. The normalized spacial score (nSPS) is 11.0. The molecule has 0 heterocycles. The summed E-state index contributed by atoms with van der Waals surface area (Å²) >= 11 is 0. The SMILES string of the molecule is C=CCCCCCCCCCCN=Cc1ccccc1. The van der Waals surface area contributed by atoms with E-state index in [0.717, 1.165) is 6.54 Å². The van der Waals surface area contributed by atoms with Crippen molar-refractivity contribution in [2.24, 2.45) is 4.99 Å². The fourth-order valence-corrected chi connectivity index (χ4v) is 2.26. The molecule has 0 N–H and O–H groups in total. The highest BCUT2D eigenvalue weighted by molar-refractivity contribution is 5.79. The van der Waals surface area contributed by atoms with Crippen molar-refractivity contribution in [3.63, 3.8) is 0 Å². The van der Waals surface area contributed by atoms with Gasteiger partial charge in [-0.3, -0.25) is 4.99 Å². The molecule has 0 radical (unpaired) electrons. The number of allylic oxidation sites excluding steroid dienone is 1. The van der Waals surface area contributed by atoms with Crippen LogP contribution < -0.4 is 0 Å². The maximum absolute atomic E-state index is 4.47. The quantitative estimate of drug-likeness (QED) is 0.259. The van der Waals surface area contributed by atoms with Crippen LogP contribution in [0.3, 0.4) is 0 Å². The van der Waals surface area contributed by atoms with Crippen molar-refractivity contribution in [2.75, 3.05) is 6.54 Å². The van der Waals surface area contributed by atoms with E-state index < -0.39 is 0 Å². The van der Waals surface area contributed by atoms with Gasteiger partial charge in [0.05, 0.1) is 0 Å². The second kappa shape index (κ2) is 12.7. The van der Waals surface area contributed by atoms with Crippen LogP contribution in [0.1, 0.15) is 63.4 Å². The Morgan fingerprint density at radius 1 is 0.800 bits per heavy atom. The molecule has 0 spiro atoms. The molecule has 0 saturated carbocycles. The summed E-state index contributed by atoms with van der Waals surface area (Å²) in [4.78, 5) is 4.47. The number of unbranched alkanes of at least 4 members (excludes halogenated alkanes) is 8. The third-order valence-corrected chi connectivity index (χ3v) is 3.49.